The van der Waals surface area contributed by atoms with Crippen molar-refractivity contribution in [2.45, 2.75) is 33.2 Å². The summed E-state index contributed by atoms with van der Waals surface area (Å²) in [5.74, 6) is 5.91. The van der Waals surface area contributed by atoms with E-state index in [1.54, 1.807) is 18.2 Å². The first-order valence-corrected chi connectivity index (χ1v) is 7.03. The fourth-order valence-electron chi connectivity index (χ4n) is 1.43. The molecule has 4 heteroatoms. The van der Waals surface area contributed by atoms with Crippen LogP contribution in [0, 0.1) is 17.8 Å². The smallest absolute Gasteiger partial charge is 0.251 e. The molecule has 3 nitrogen and oxygen atoms in total. The first-order chi connectivity index (χ1) is 9.45. The van der Waals surface area contributed by atoms with Crippen LogP contribution in [-0.2, 0) is 0 Å². The van der Waals surface area contributed by atoms with Crippen LogP contribution in [0.2, 0.25) is 5.02 Å². The second-order valence-electron chi connectivity index (χ2n) is 4.98. The summed E-state index contributed by atoms with van der Waals surface area (Å²) in [4.78, 5) is 12.0. The number of carbonyl (C=O) groups is 1. The van der Waals surface area contributed by atoms with Crippen LogP contribution in [0.1, 0.15) is 43.1 Å². The standard InChI is InChI=1S/C16H20ClNO2/c1-11(2)12(3)18-16(20)14-8-7-13(15(17)10-14)6-4-5-9-19/h7-8,10-12,19H,5,9H2,1-3H3,(H,18,20). The third kappa shape index (κ3) is 4.88. The van der Waals surface area contributed by atoms with Crippen LogP contribution < -0.4 is 5.32 Å². The van der Waals surface area contributed by atoms with Gasteiger partial charge >= 0.3 is 0 Å². The van der Waals surface area contributed by atoms with Crippen molar-refractivity contribution in [3.05, 3.63) is 34.3 Å². The van der Waals surface area contributed by atoms with Crippen molar-refractivity contribution < 1.29 is 9.90 Å². The van der Waals surface area contributed by atoms with Crippen LogP contribution >= 0.6 is 11.6 Å². The van der Waals surface area contributed by atoms with E-state index in [4.69, 9.17) is 16.7 Å². The highest BCUT2D eigenvalue weighted by atomic mass is 35.5. The summed E-state index contributed by atoms with van der Waals surface area (Å²) in [6.07, 6.45) is 0.407. The number of hydrogen-bond acceptors (Lipinski definition) is 2. The van der Waals surface area contributed by atoms with E-state index in [1.165, 1.54) is 0 Å². The van der Waals surface area contributed by atoms with Crippen molar-refractivity contribution in [3.8, 4) is 11.8 Å². The second-order valence-corrected chi connectivity index (χ2v) is 5.38. The molecule has 0 radical (unpaired) electrons. The minimum absolute atomic E-state index is 0.0260. The third-order valence-electron chi connectivity index (χ3n) is 3.05. The highest BCUT2D eigenvalue weighted by Crippen LogP contribution is 2.17. The fraction of sp³-hybridized carbons (Fsp3) is 0.438. The molecule has 0 fully saturated rings. The monoisotopic (exact) mass is 293 g/mol. The van der Waals surface area contributed by atoms with Crippen LogP contribution in [0.4, 0.5) is 0 Å². The van der Waals surface area contributed by atoms with Crippen molar-refractivity contribution in [1.82, 2.24) is 5.32 Å². The van der Waals surface area contributed by atoms with E-state index < -0.39 is 0 Å². The van der Waals surface area contributed by atoms with Gasteiger partial charge in [-0.1, -0.05) is 37.3 Å². The lowest BCUT2D eigenvalue weighted by Gasteiger charge is -2.17. The summed E-state index contributed by atoms with van der Waals surface area (Å²) in [5.41, 5.74) is 1.18. The Morgan fingerprint density at radius 1 is 1.40 bits per heavy atom. The zero-order valence-corrected chi connectivity index (χ0v) is 12.8. The van der Waals surface area contributed by atoms with Crippen molar-refractivity contribution in [1.29, 1.82) is 0 Å². The van der Waals surface area contributed by atoms with Crippen molar-refractivity contribution in [2.24, 2.45) is 5.92 Å². The van der Waals surface area contributed by atoms with Crippen LogP contribution in [0.5, 0.6) is 0 Å². The average molecular weight is 294 g/mol. The molecule has 2 N–H and O–H groups in total. The van der Waals surface area contributed by atoms with E-state index in [2.05, 4.69) is 31.0 Å². The number of hydrogen-bond donors (Lipinski definition) is 2. The van der Waals surface area contributed by atoms with E-state index >= 15 is 0 Å². The number of halogens is 1. The molecule has 20 heavy (non-hydrogen) atoms. The average Bonchev–Trinajstić information content (AvgIpc) is 2.40. The molecule has 108 valence electrons. The topological polar surface area (TPSA) is 49.3 Å². The Balaban J connectivity index is 2.82. The van der Waals surface area contributed by atoms with Gasteiger partial charge in [0.2, 0.25) is 0 Å². The molecule has 1 rings (SSSR count). The molecule has 0 bridgehead atoms. The van der Waals surface area contributed by atoms with Crippen molar-refractivity contribution in [2.75, 3.05) is 6.61 Å². The van der Waals surface area contributed by atoms with Crippen LogP contribution in [0.15, 0.2) is 18.2 Å². The summed E-state index contributed by atoms with van der Waals surface area (Å²) < 4.78 is 0. The Bertz CT molecular complexity index is 529. The van der Waals surface area contributed by atoms with Gasteiger partial charge in [0.15, 0.2) is 0 Å². The zero-order chi connectivity index (χ0) is 15.1. The maximum atomic E-state index is 12.0. The Kier molecular flexibility index (Phi) is 6.57. The van der Waals surface area contributed by atoms with Crippen molar-refractivity contribution >= 4 is 17.5 Å². The van der Waals surface area contributed by atoms with Crippen LogP contribution in [0.3, 0.4) is 0 Å². The SMILES string of the molecule is CC(C)C(C)NC(=O)c1ccc(C#CCCO)c(Cl)c1. The maximum absolute atomic E-state index is 12.0. The third-order valence-corrected chi connectivity index (χ3v) is 3.36. The number of nitrogens with one attached hydrogen (secondary N) is 1. The normalized spacial score (nSPS) is 11.7. The minimum Gasteiger partial charge on any atom is -0.395 e. The molecule has 0 saturated carbocycles. The molecule has 0 saturated heterocycles. The molecule has 1 aromatic carbocycles. The summed E-state index contributed by atoms with van der Waals surface area (Å²) in [5, 5.41) is 12.0. The molecule has 1 aromatic rings. The molecule has 1 atom stereocenters. The van der Waals surface area contributed by atoms with Gasteiger partial charge in [-0.15, -0.1) is 0 Å². The van der Waals surface area contributed by atoms with Crippen LogP contribution in [0.25, 0.3) is 0 Å². The number of amides is 1. The molecule has 0 aromatic heterocycles. The van der Waals surface area contributed by atoms with Gasteiger partial charge in [-0.2, -0.15) is 0 Å². The van der Waals surface area contributed by atoms with Gasteiger partial charge in [-0.3, -0.25) is 4.79 Å². The summed E-state index contributed by atoms with van der Waals surface area (Å²) in [7, 11) is 0. The lowest BCUT2D eigenvalue weighted by molar-refractivity contribution is 0.0930. The quantitative estimate of drug-likeness (QED) is 0.839. The Labute approximate surface area is 125 Å². The number of aliphatic hydroxyl groups excluding tert-OH is 1. The molecule has 1 amide bonds. The zero-order valence-electron chi connectivity index (χ0n) is 12.0. The lowest BCUT2D eigenvalue weighted by atomic mass is 10.1. The minimum atomic E-state index is -0.136. The molecule has 1 unspecified atom stereocenters. The van der Waals surface area contributed by atoms with E-state index in [0.717, 1.165) is 0 Å². The largest absolute Gasteiger partial charge is 0.395 e. The molecule has 0 spiro atoms. The van der Waals surface area contributed by atoms with Gasteiger partial charge in [0.25, 0.3) is 5.91 Å². The van der Waals surface area contributed by atoms with Crippen LogP contribution in [-0.4, -0.2) is 23.7 Å². The van der Waals surface area contributed by atoms with E-state index in [0.29, 0.717) is 28.5 Å². The highest BCUT2D eigenvalue weighted by Gasteiger charge is 2.13. The number of benzene rings is 1. The first kappa shape index (κ1) is 16.6. The molecule has 0 aliphatic carbocycles. The predicted octanol–water partition coefficient (Wildman–Crippen LogP) is 2.85. The lowest BCUT2D eigenvalue weighted by Crippen LogP contribution is -2.36. The molecular weight excluding hydrogens is 274 g/mol. The Morgan fingerprint density at radius 2 is 2.10 bits per heavy atom. The van der Waals surface area contributed by atoms with E-state index in [9.17, 15) is 4.79 Å². The highest BCUT2D eigenvalue weighted by molar-refractivity contribution is 6.32. The summed E-state index contributed by atoms with van der Waals surface area (Å²) in [6, 6.07) is 5.15. The number of carbonyl (C=O) groups excluding carboxylic acids is 1. The summed E-state index contributed by atoms with van der Waals surface area (Å²) in [6.45, 7) is 6.10. The molecule has 0 aliphatic heterocycles. The number of rotatable bonds is 4. The molecule has 0 aliphatic rings. The van der Waals surface area contributed by atoms with Gasteiger partial charge in [0.1, 0.15) is 0 Å². The predicted molar refractivity (Wildman–Crippen MR) is 81.8 cm³/mol. The van der Waals surface area contributed by atoms with Gasteiger partial charge in [-0.05, 0) is 31.0 Å². The summed E-state index contributed by atoms with van der Waals surface area (Å²) >= 11 is 6.11. The second kappa shape index (κ2) is 7.94. The van der Waals surface area contributed by atoms with Gasteiger partial charge in [-0.25, -0.2) is 0 Å². The molecular formula is C16H20ClNO2. The Morgan fingerprint density at radius 3 is 2.65 bits per heavy atom. The van der Waals surface area contributed by atoms with Gasteiger partial charge in [0, 0.05) is 23.6 Å². The van der Waals surface area contributed by atoms with Crippen molar-refractivity contribution in [3.63, 3.8) is 0 Å². The van der Waals surface area contributed by atoms with E-state index in [-0.39, 0.29) is 18.6 Å². The molecule has 0 heterocycles. The maximum Gasteiger partial charge on any atom is 0.251 e. The van der Waals surface area contributed by atoms with Gasteiger partial charge < -0.3 is 10.4 Å². The Hall–Kier alpha value is -1.50. The van der Waals surface area contributed by atoms with Gasteiger partial charge in [0.05, 0.1) is 11.6 Å². The fourth-order valence-corrected chi connectivity index (χ4v) is 1.66. The van der Waals surface area contributed by atoms with E-state index in [1.807, 2.05) is 6.92 Å². The first-order valence-electron chi connectivity index (χ1n) is 6.65. The number of aliphatic hydroxyl groups is 1.